The Labute approximate surface area is 202 Å². The van der Waals surface area contributed by atoms with Crippen LogP contribution in [0.1, 0.15) is 21.5 Å². The number of ether oxygens (including phenoxy) is 1. The number of benzene rings is 3. The number of pyridine rings is 1. The zero-order valence-corrected chi connectivity index (χ0v) is 19.3. The number of carbonyl (C=O) groups is 1. The van der Waals surface area contributed by atoms with E-state index < -0.39 is 21.7 Å². The predicted octanol–water partition coefficient (Wildman–Crippen LogP) is 4.53. The highest BCUT2D eigenvalue weighted by Gasteiger charge is 2.18. The Morgan fingerprint density at radius 3 is 2.34 bits per heavy atom. The molecule has 7 nitrogen and oxygen atoms in total. The Bertz CT molecular complexity index is 1390. The van der Waals surface area contributed by atoms with Gasteiger partial charge in [0.2, 0.25) is 0 Å². The molecule has 2 N–H and O–H groups in total. The van der Waals surface area contributed by atoms with Gasteiger partial charge in [0, 0.05) is 24.5 Å². The van der Waals surface area contributed by atoms with E-state index in [9.17, 15) is 17.6 Å². The minimum absolute atomic E-state index is 0.111. The molecule has 0 bridgehead atoms. The molecule has 0 saturated carbocycles. The quantitative estimate of drug-likeness (QED) is 0.359. The summed E-state index contributed by atoms with van der Waals surface area (Å²) in [5.41, 5.74) is 2.08. The summed E-state index contributed by atoms with van der Waals surface area (Å²) in [6.45, 7) is 0.634. The van der Waals surface area contributed by atoms with Crippen molar-refractivity contribution in [3.8, 4) is 5.75 Å². The van der Waals surface area contributed by atoms with Gasteiger partial charge in [0.15, 0.2) is 0 Å². The largest absolute Gasteiger partial charge is 0.489 e. The molecule has 0 aliphatic rings. The molecular formula is C26H22FN3O4S. The van der Waals surface area contributed by atoms with Gasteiger partial charge < -0.3 is 10.1 Å². The second kappa shape index (κ2) is 10.8. The Morgan fingerprint density at radius 2 is 1.63 bits per heavy atom. The van der Waals surface area contributed by atoms with E-state index in [1.165, 1.54) is 12.1 Å². The number of nitrogens with one attached hydrogen (secondary N) is 2. The van der Waals surface area contributed by atoms with Crippen molar-refractivity contribution >= 4 is 21.6 Å². The molecule has 0 atom stereocenters. The predicted molar refractivity (Wildman–Crippen MR) is 130 cm³/mol. The van der Waals surface area contributed by atoms with E-state index in [4.69, 9.17) is 4.74 Å². The molecule has 0 aliphatic carbocycles. The average Bonchev–Trinajstić information content (AvgIpc) is 2.87. The number of hydrogen-bond donors (Lipinski definition) is 2. The lowest BCUT2D eigenvalue weighted by Gasteiger charge is -2.13. The lowest BCUT2D eigenvalue weighted by molar-refractivity contribution is 0.0952. The lowest BCUT2D eigenvalue weighted by Crippen LogP contribution is -2.25. The summed E-state index contributed by atoms with van der Waals surface area (Å²) in [6, 6.07) is 21.7. The van der Waals surface area contributed by atoms with Crippen LogP contribution in [0.15, 0.2) is 102 Å². The van der Waals surface area contributed by atoms with E-state index in [0.29, 0.717) is 12.4 Å². The number of amides is 1. The van der Waals surface area contributed by atoms with Crippen LogP contribution in [0, 0.1) is 5.82 Å². The second-order valence-corrected chi connectivity index (χ2v) is 9.26. The van der Waals surface area contributed by atoms with Crippen LogP contribution in [0.5, 0.6) is 5.75 Å². The number of para-hydroxylation sites is 1. The van der Waals surface area contributed by atoms with Gasteiger partial charge in [-0.15, -0.1) is 0 Å². The molecule has 0 aliphatic heterocycles. The Balaban J connectivity index is 1.37. The fourth-order valence-electron chi connectivity index (χ4n) is 3.22. The Hall–Kier alpha value is -4.24. The van der Waals surface area contributed by atoms with E-state index in [2.05, 4.69) is 15.0 Å². The highest BCUT2D eigenvalue weighted by molar-refractivity contribution is 7.92. The summed E-state index contributed by atoms with van der Waals surface area (Å²) in [5, 5.41) is 2.79. The maximum Gasteiger partial charge on any atom is 0.261 e. The molecule has 0 spiro atoms. The summed E-state index contributed by atoms with van der Waals surface area (Å²) in [4.78, 5) is 16.7. The van der Waals surface area contributed by atoms with Crippen molar-refractivity contribution < 1.29 is 22.3 Å². The van der Waals surface area contributed by atoms with Gasteiger partial charge in [-0.1, -0.05) is 30.3 Å². The maximum absolute atomic E-state index is 13.2. The number of carbonyl (C=O) groups excluding carboxylic acids is 1. The van der Waals surface area contributed by atoms with Crippen LogP contribution in [0.3, 0.4) is 0 Å². The molecule has 35 heavy (non-hydrogen) atoms. The topological polar surface area (TPSA) is 97.4 Å². The molecule has 0 fully saturated rings. The van der Waals surface area contributed by atoms with Crippen molar-refractivity contribution in [3.05, 3.63) is 120 Å². The van der Waals surface area contributed by atoms with Crippen molar-refractivity contribution in [2.24, 2.45) is 0 Å². The third-order valence-electron chi connectivity index (χ3n) is 5.04. The van der Waals surface area contributed by atoms with Crippen LogP contribution in [0.2, 0.25) is 0 Å². The van der Waals surface area contributed by atoms with Crippen molar-refractivity contribution in [2.75, 3.05) is 4.72 Å². The van der Waals surface area contributed by atoms with Crippen molar-refractivity contribution in [3.63, 3.8) is 0 Å². The summed E-state index contributed by atoms with van der Waals surface area (Å²) in [6.07, 6.45) is 3.44. The van der Waals surface area contributed by atoms with Gasteiger partial charge >= 0.3 is 0 Å². The molecule has 1 heterocycles. The van der Waals surface area contributed by atoms with Gasteiger partial charge in [0.05, 0.1) is 16.1 Å². The summed E-state index contributed by atoms with van der Waals surface area (Å²) in [7, 11) is -4.00. The summed E-state index contributed by atoms with van der Waals surface area (Å²) in [5.74, 6) is -0.305. The first-order chi connectivity index (χ1) is 16.9. The molecule has 9 heteroatoms. The molecule has 178 valence electrons. The zero-order valence-electron chi connectivity index (χ0n) is 18.5. The number of sulfonamides is 1. The first-order valence-corrected chi connectivity index (χ1v) is 12.2. The number of hydrogen-bond acceptors (Lipinski definition) is 5. The molecule has 3 aromatic carbocycles. The standard InChI is InChI=1S/C26H22FN3O4S/c27-21-9-13-23(14-10-21)35(32,33)30-25-6-2-1-5-24(25)26(31)29-17-19-7-11-22(12-8-19)34-18-20-4-3-15-28-16-20/h1-16,30H,17-18H2,(H,29,31). The third kappa shape index (κ3) is 6.42. The smallest absolute Gasteiger partial charge is 0.261 e. The van der Waals surface area contributed by atoms with Crippen LogP contribution in [0.25, 0.3) is 0 Å². The Kier molecular flexibility index (Phi) is 7.37. The number of aromatic nitrogens is 1. The summed E-state index contributed by atoms with van der Waals surface area (Å²) >= 11 is 0. The van der Waals surface area contributed by atoms with Crippen molar-refractivity contribution in [1.29, 1.82) is 0 Å². The van der Waals surface area contributed by atoms with E-state index in [1.807, 2.05) is 36.4 Å². The lowest BCUT2D eigenvalue weighted by atomic mass is 10.1. The van der Waals surface area contributed by atoms with E-state index in [1.54, 1.807) is 24.5 Å². The molecule has 4 aromatic rings. The molecule has 4 rings (SSSR count). The van der Waals surface area contributed by atoms with Gasteiger partial charge in [-0.2, -0.15) is 0 Å². The zero-order chi connectivity index (χ0) is 24.7. The average molecular weight is 492 g/mol. The number of rotatable bonds is 9. The molecule has 1 amide bonds. The minimum Gasteiger partial charge on any atom is -0.489 e. The van der Waals surface area contributed by atoms with Crippen LogP contribution < -0.4 is 14.8 Å². The molecule has 0 saturated heterocycles. The van der Waals surface area contributed by atoms with Gasteiger partial charge in [-0.25, -0.2) is 12.8 Å². The SMILES string of the molecule is O=C(NCc1ccc(OCc2cccnc2)cc1)c1ccccc1NS(=O)(=O)c1ccc(F)cc1. The fourth-order valence-corrected chi connectivity index (χ4v) is 4.30. The van der Waals surface area contributed by atoms with Crippen molar-refractivity contribution in [2.45, 2.75) is 18.0 Å². The van der Waals surface area contributed by atoms with E-state index in [-0.39, 0.29) is 22.7 Å². The number of anilines is 1. The highest BCUT2D eigenvalue weighted by Crippen LogP contribution is 2.21. The first kappa shape index (κ1) is 23.9. The minimum atomic E-state index is -4.00. The van der Waals surface area contributed by atoms with Crippen LogP contribution in [-0.4, -0.2) is 19.3 Å². The van der Waals surface area contributed by atoms with E-state index in [0.717, 1.165) is 35.4 Å². The molecular weight excluding hydrogens is 469 g/mol. The van der Waals surface area contributed by atoms with E-state index >= 15 is 0 Å². The molecule has 0 radical (unpaired) electrons. The normalized spacial score (nSPS) is 11.0. The summed E-state index contributed by atoms with van der Waals surface area (Å²) < 4.78 is 46.6. The highest BCUT2D eigenvalue weighted by atomic mass is 32.2. The third-order valence-corrected chi connectivity index (χ3v) is 6.43. The van der Waals surface area contributed by atoms with Gasteiger partial charge in [-0.3, -0.25) is 14.5 Å². The maximum atomic E-state index is 13.2. The molecule has 1 aromatic heterocycles. The first-order valence-electron chi connectivity index (χ1n) is 10.7. The Morgan fingerprint density at radius 1 is 0.886 bits per heavy atom. The van der Waals surface area contributed by atoms with Crippen LogP contribution in [0.4, 0.5) is 10.1 Å². The van der Waals surface area contributed by atoms with Gasteiger partial charge in [-0.05, 0) is 60.2 Å². The van der Waals surface area contributed by atoms with Gasteiger partial charge in [0.1, 0.15) is 18.2 Å². The number of halogens is 1. The molecule has 0 unspecified atom stereocenters. The van der Waals surface area contributed by atoms with Crippen LogP contribution >= 0.6 is 0 Å². The fraction of sp³-hybridized carbons (Fsp3) is 0.0769. The number of nitrogens with zero attached hydrogens (tertiary/aromatic N) is 1. The van der Waals surface area contributed by atoms with Gasteiger partial charge in [0.25, 0.3) is 15.9 Å². The monoisotopic (exact) mass is 491 g/mol. The van der Waals surface area contributed by atoms with Crippen LogP contribution in [-0.2, 0) is 23.2 Å². The van der Waals surface area contributed by atoms with Crippen molar-refractivity contribution in [1.82, 2.24) is 10.3 Å². The second-order valence-electron chi connectivity index (χ2n) is 7.58.